The molecule has 1 saturated heterocycles. The maximum absolute atomic E-state index is 13.1. The Labute approximate surface area is 124 Å². The number of nitrogens with zero attached hydrogens (tertiary/aromatic N) is 3. The molecule has 0 aliphatic carbocycles. The van der Waals surface area contributed by atoms with Crippen molar-refractivity contribution in [1.29, 1.82) is 0 Å². The van der Waals surface area contributed by atoms with E-state index < -0.39 is 0 Å². The van der Waals surface area contributed by atoms with Gasteiger partial charge in [-0.2, -0.15) is 5.10 Å². The molecule has 0 bridgehead atoms. The second-order valence-corrected chi connectivity index (χ2v) is 5.77. The zero-order valence-electron chi connectivity index (χ0n) is 13.1. The van der Waals surface area contributed by atoms with Crippen LogP contribution < -0.4 is 11.1 Å². The Balaban J connectivity index is 0.000000161. The normalized spacial score (nSPS) is 22.9. The molecule has 6 heteroatoms. The third kappa shape index (κ3) is 3.71. The van der Waals surface area contributed by atoms with Crippen molar-refractivity contribution in [3.63, 3.8) is 0 Å². The molecule has 1 aliphatic rings. The van der Waals surface area contributed by atoms with Crippen molar-refractivity contribution in [3.8, 4) is 0 Å². The fraction of sp³-hybridized carbons (Fsp3) is 0.533. The number of likely N-dealkylation sites (N-methyl/N-ethyl adjacent to an activating group) is 1. The van der Waals surface area contributed by atoms with Crippen molar-refractivity contribution in [2.24, 2.45) is 7.05 Å². The first-order chi connectivity index (χ1) is 9.88. The fourth-order valence-electron chi connectivity index (χ4n) is 2.46. The highest BCUT2D eigenvalue weighted by Crippen LogP contribution is 2.19. The van der Waals surface area contributed by atoms with E-state index in [0.29, 0.717) is 23.3 Å². The summed E-state index contributed by atoms with van der Waals surface area (Å²) in [7, 11) is 3.94. The molecule has 0 spiro atoms. The van der Waals surface area contributed by atoms with E-state index in [1.807, 2.05) is 0 Å². The molecule has 0 amide bonds. The van der Waals surface area contributed by atoms with Crippen molar-refractivity contribution >= 4 is 16.6 Å². The van der Waals surface area contributed by atoms with Crippen molar-refractivity contribution in [1.82, 2.24) is 20.0 Å². The van der Waals surface area contributed by atoms with Gasteiger partial charge in [-0.1, -0.05) is 0 Å². The van der Waals surface area contributed by atoms with Crippen LogP contribution in [0.5, 0.6) is 0 Å². The van der Waals surface area contributed by atoms with Gasteiger partial charge in [0.25, 0.3) is 0 Å². The van der Waals surface area contributed by atoms with Gasteiger partial charge in [0.15, 0.2) is 5.82 Å². The van der Waals surface area contributed by atoms with Crippen LogP contribution in [0.2, 0.25) is 0 Å². The molecule has 5 nitrogen and oxygen atoms in total. The molecule has 1 fully saturated rings. The minimum absolute atomic E-state index is 0.367. The largest absolute Gasteiger partial charge is 0.399 e. The molecule has 21 heavy (non-hydrogen) atoms. The summed E-state index contributed by atoms with van der Waals surface area (Å²) in [5, 5.41) is 8.04. The summed E-state index contributed by atoms with van der Waals surface area (Å²) in [6, 6.07) is 4.38. The highest BCUT2D eigenvalue weighted by atomic mass is 19.1. The number of anilines is 1. The number of aromatic nitrogens is 2. The average Bonchev–Trinajstić information content (AvgIpc) is 2.77. The maximum Gasteiger partial charge on any atom is 0.153 e. The molecule has 0 radical (unpaired) electrons. The number of halogens is 1. The quantitative estimate of drug-likeness (QED) is 0.724. The number of nitrogen functional groups attached to an aromatic ring is 1. The first-order valence-corrected chi connectivity index (χ1v) is 7.19. The summed E-state index contributed by atoms with van der Waals surface area (Å²) < 4.78 is 14.7. The van der Waals surface area contributed by atoms with E-state index >= 15 is 0 Å². The Kier molecular flexibility index (Phi) is 4.80. The number of hydrogen-bond acceptors (Lipinski definition) is 4. The van der Waals surface area contributed by atoms with Gasteiger partial charge in [0, 0.05) is 49.5 Å². The second-order valence-electron chi connectivity index (χ2n) is 5.77. The van der Waals surface area contributed by atoms with Crippen LogP contribution in [-0.4, -0.2) is 46.9 Å². The van der Waals surface area contributed by atoms with Crippen LogP contribution in [-0.2, 0) is 7.05 Å². The zero-order chi connectivity index (χ0) is 15.6. The smallest absolute Gasteiger partial charge is 0.153 e. The molecule has 1 aromatic carbocycles. The molecule has 2 aromatic rings. The fourth-order valence-corrected chi connectivity index (χ4v) is 2.46. The van der Waals surface area contributed by atoms with E-state index in [-0.39, 0.29) is 5.82 Å². The molecule has 2 heterocycles. The minimum atomic E-state index is -0.370. The second kappa shape index (κ2) is 6.41. The predicted molar refractivity (Wildman–Crippen MR) is 84.6 cm³/mol. The van der Waals surface area contributed by atoms with Gasteiger partial charge in [0.2, 0.25) is 0 Å². The highest BCUT2D eigenvalue weighted by Gasteiger charge is 2.19. The van der Waals surface area contributed by atoms with Crippen LogP contribution in [0.3, 0.4) is 0 Å². The average molecular weight is 293 g/mol. The van der Waals surface area contributed by atoms with E-state index in [4.69, 9.17) is 5.73 Å². The van der Waals surface area contributed by atoms with Crippen LogP contribution in [0.25, 0.3) is 10.9 Å². The van der Waals surface area contributed by atoms with E-state index in [2.05, 4.69) is 36.2 Å². The van der Waals surface area contributed by atoms with Gasteiger partial charge in [-0.15, -0.1) is 0 Å². The number of fused-ring (bicyclic) bond motifs is 1. The predicted octanol–water partition coefficient (Wildman–Crippen LogP) is 1.59. The van der Waals surface area contributed by atoms with Gasteiger partial charge < -0.3 is 11.1 Å². The lowest BCUT2D eigenvalue weighted by atomic mass is 10.1. The lowest BCUT2D eigenvalue weighted by Gasteiger charge is -2.36. The Bertz CT molecular complexity index is 599. The molecule has 2 atom stereocenters. The third-order valence-electron chi connectivity index (χ3n) is 3.97. The van der Waals surface area contributed by atoms with Crippen LogP contribution in [0, 0.1) is 5.82 Å². The number of hydrogen-bond donors (Lipinski definition) is 2. The topological polar surface area (TPSA) is 59.1 Å². The standard InChI is InChI=1S/C8H8FN3.C7H16N2/c1-12-4-5-2-6(10)3-7(9)8(5)11-12;1-6-4-8-5-7(2)9(6)3/h2-4H,10H2,1H3;6-8H,4-5H2,1-3H3/t;6-,7?/m.0/s1. The van der Waals surface area contributed by atoms with E-state index in [9.17, 15) is 4.39 Å². The molecule has 1 aromatic heterocycles. The molecule has 0 saturated carbocycles. The summed E-state index contributed by atoms with van der Waals surface area (Å²) in [6.07, 6.45) is 1.73. The Morgan fingerprint density at radius 1 is 1.24 bits per heavy atom. The van der Waals surface area contributed by atoms with Crippen molar-refractivity contribution < 1.29 is 4.39 Å². The summed E-state index contributed by atoms with van der Waals surface area (Å²) in [5.74, 6) is -0.370. The number of piperazine rings is 1. The van der Waals surface area contributed by atoms with Gasteiger partial charge in [0.05, 0.1) is 0 Å². The molecule has 3 N–H and O–H groups in total. The van der Waals surface area contributed by atoms with Gasteiger partial charge >= 0.3 is 0 Å². The van der Waals surface area contributed by atoms with Crippen LogP contribution >= 0.6 is 0 Å². The number of rotatable bonds is 0. The summed E-state index contributed by atoms with van der Waals surface area (Å²) in [6.45, 7) is 6.78. The number of aryl methyl sites for hydroxylation is 1. The maximum atomic E-state index is 13.1. The molecular formula is C15H24FN5. The SMILES string of the molecule is CC1CNC[C@H](C)N1C.Cn1cc2cc(N)cc(F)c2n1. The molecule has 1 aliphatic heterocycles. The summed E-state index contributed by atoms with van der Waals surface area (Å²) >= 11 is 0. The molecule has 116 valence electrons. The lowest BCUT2D eigenvalue weighted by molar-refractivity contribution is 0.152. The Morgan fingerprint density at radius 3 is 2.43 bits per heavy atom. The first-order valence-electron chi connectivity index (χ1n) is 7.19. The minimum Gasteiger partial charge on any atom is -0.399 e. The lowest BCUT2D eigenvalue weighted by Crippen LogP contribution is -2.52. The van der Waals surface area contributed by atoms with E-state index in [1.54, 1.807) is 24.0 Å². The Morgan fingerprint density at radius 2 is 1.86 bits per heavy atom. The van der Waals surface area contributed by atoms with Gasteiger partial charge in [-0.25, -0.2) is 4.39 Å². The van der Waals surface area contributed by atoms with Crippen molar-refractivity contribution in [2.75, 3.05) is 25.9 Å². The van der Waals surface area contributed by atoms with Crippen molar-refractivity contribution in [3.05, 3.63) is 24.1 Å². The van der Waals surface area contributed by atoms with Gasteiger partial charge in [-0.3, -0.25) is 9.58 Å². The summed E-state index contributed by atoms with van der Waals surface area (Å²) in [4.78, 5) is 2.41. The van der Waals surface area contributed by atoms with Crippen LogP contribution in [0.15, 0.2) is 18.3 Å². The first kappa shape index (κ1) is 15.7. The van der Waals surface area contributed by atoms with Crippen LogP contribution in [0.4, 0.5) is 10.1 Å². The number of nitrogens with two attached hydrogens (primary N) is 1. The molecule has 3 rings (SSSR count). The summed E-state index contributed by atoms with van der Waals surface area (Å²) in [5.41, 5.74) is 6.25. The molecular weight excluding hydrogens is 269 g/mol. The molecule has 1 unspecified atom stereocenters. The zero-order valence-corrected chi connectivity index (χ0v) is 13.1. The number of nitrogens with one attached hydrogen (secondary N) is 1. The van der Waals surface area contributed by atoms with E-state index in [0.717, 1.165) is 18.5 Å². The number of benzene rings is 1. The van der Waals surface area contributed by atoms with Crippen molar-refractivity contribution in [2.45, 2.75) is 25.9 Å². The highest BCUT2D eigenvalue weighted by molar-refractivity contribution is 5.82. The van der Waals surface area contributed by atoms with E-state index in [1.165, 1.54) is 6.07 Å². The van der Waals surface area contributed by atoms with Crippen LogP contribution in [0.1, 0.15) is 13.8 Å². The van der Waals surface area contributed by atoms with Gasteiger partial charge in [-0.05, 0) is 33.0 Å². The third-order valence-corrected chi connectivity index (χ3v) is 3.97. The van der Waals surface area contributed by atoms with Gasteiger partial charge in [0.1, 0.15) is 5.52 Å². The Hall–Kier alpha value is -1.66. The monoisotopic (exact) mass is 293 g/mol.